The van der Waals surface area contributed by atoms with Crippen molar-refractivity contribution < 1.29 is 17.9 Å². The molecule has 0 amide bonds. The Morgan fingerprint density at radius 2 is 1.95 bits per heavy atom. The van der Waals surface area contributed by atoms with Crippen molar-refractivity contribution in [1.29, 1.82) is 0 Å². The number of rotatable bonds is 3. The number of hydrogen-bond donors (Lipinski definition) is 1. The highest BCUT2D eigenvalue weighted by Gasteiger charge is 2.18. The highest BCUT2D eigenvalue weighted by molar-refractivity contribution is 7.85. The van der Waals surface area contributed by atoms with Crippen LogP contribution in [0, 0.1) is 17.0 Å². The monoisotopic (exact) mass is 298 g/mol. The lowest BCUT2D eigenvalue weighted by atomic mass is 10.3. The Labute approximate surface area is 112 Å². The SMILES string of the molecule is Cc1cc(=O)n(-c2ccc([N+](=O)[O-])cc2S(=O)(=O)[O-])[nH]1. The second kappa shape index (κ2) is 4.58. The third-order valence-electron chi connectivity index (χ3n) is 2.51. The highest BCUT2D eigenvalue weighted by Crippen LogP contribution is 2.24. The van der Waals surface area contributed by atoms with E-state index in [2.05, 4.69) is 5.10 Å². The van der Waals surface area contributed by atoms with Crippen molar-refractivity contribution >= 4 is 15.8 Å². The molecule has 1 aromatic heterocycles. The smallest absolute Gasteiger partial charge is 0.271 e. The molecule has 9 nitrogen and oxygen atoms in total. The molecule has 106 valence electrons. The molecule has 0 spiro atoms. The Bertz CT molecular complexity index is 848. The van der Waals surface area contributed by atoms with Crippen molar-refractivity contribution in [2.24, 2.45) is 0 Å². The van der Waals surface area contributed by atoms with E-state index < -0.39 is 31.2 Å². The van der Waals surface area contributed by atoms with Crippen LogP contribution in [0.5, 0.6) is 0 Å². The van der Waals surface area contributed by atoms with Crippen LogP contribution in [0.15, 0.2) is 34.0 Å². The first-order valence-corrected chi connectivity index (χ1v) is 6.64. The maximum atomic E-state index is 11.6. The third kappa shape index (κ3) is 2.46. The van der Waals surface area contributed by atoms with E-state index >= 15 is 0 Å². The van der Waals surface area contributed by atoms with Crippen LogP contribution in [-0.2, 0) is 10.1 Å². The fraction of sp³-hybridized carbons (Fsp3) is 0.100. The van der Waals surface area contributed by atoms with Crippen LogP contribution in [0.4, 0.5) is 5.69 Å². The Morgan fingerprint density at radius 3 is 2.40 bits per heavy atom. The van der Waals surface area contributed by atoms with Crippen LogP contribution in [0.1, 0.15) is 5.69 Å². The molecule has 0 aliphatic heterocycles. The van der Waals surface area contributed by atoms with E-state index in [1.165, 1.54) is 6.07 Å². The van der Waals surface area contributed by atoms with Crippen molar-refractivity contribution in [3.63, 3.8) is 0 Å². The van der Waals surface area contributed by atoms with Crippen molar-refractivity contribution in [3.05, 3.63) is 50.4 Å². The molecular formula is C10H8N3O6S-. The first-order valence-electron chi connectivity index (χ1n) is 5.23. The molecule has 1 N–H and O–H groups in total. The second-order valence-electron chi connectivity index (χ2n) is 3.98. The predicted molar refractivity (Wildman–Crippen MR) is 65.7 cm³/mol. The Morgan fingerprint density at radius 1 is 1.30 bits per heavy atom. The number of non-ortho nitro benzene ring substituents is 1. The number of H-pyrrole nitrogens is 1. The van der Waals surface area contributed by atoms with Crippen molar-refractivity contribution in [2.75, 3.05) is 0 Å². The summed E-state index contributed by atoms with van der Waals surface area (Å²) in [6.45, 7) is 1.56. The lowest BCUT2D eigenvalue weighted by Crippen LogP contribution is -2.17. The van der Waals surface area contributed by atoms with Gasteiger partial charge in [0.25, 0.3) is 11.2 Å². The summed E-state index contributed by atoms with van der Waals surface area (Å²) in [6.07, 6.45) is 0. The van der Waals surface area contributed by atoms with Crippen molar-refractivity contribution in [3.8, 4) is 5.69 Å². The second-order valence-corrected chi connectivity index (χ2v) is 5.32. The molecule has 0 unspecified atom stereocenters. The average Bonchev–Trinajstić information content (AvgIpc) is 2.66. The van der Waals surface area contributed by atoms with Crippen LogP contribution in [-0.4, -0.2) is 27.7 Å². The summed E-state index contributed by atoms with van der Waals surface area (Å²) in [4.78, 5) is 20.6. The summed E-state index contributed by atoms with van der Waals surface area (Å²) in [5.41, 5.74) is -0.952. The number of aryl methyl sites for hydroxylation is 1. The van der Waals surface area contributed by atoms with E-state index in [1.807, 2.05) is 0 Å². The molecule has 20 heavy (non-hydrogen) atoms. The van der Waals surface area contributed by atoms with Gasteiger partial charge in [-0.1, -0.05) is 0 Å². The predicted octanol–water partition coefficient (Wildman–Crippen LogP) is 0.286. The third-order valence-corrected chi connectivity index (χ3v) is 3.38. The van der Waals surface area contributed by atoms with Gasteiger partial charge in [0.1, 0.15) is 10.1 Å². The molecule has 0 aliphatic carbocycles. The van der Waals surface area contributed by atoms with Gasteiger partial charge in [-0.3, -0.25) is 20.0 Å². The van der Waals surface area contributed by atoms with Gasteiger partial charge >= 0.3 is 0 Å². The molecule has 0 radical (unpaired) electrons. The van der Waals surface area contributed by atoms with E-state index in [-0.39, 0.29) is 5.69 Å². The van der Waals surface area contributed by atoms with Gasteiger partial charge in [-0.15, -0.1) is 0 Å². The quantitative estimate of drug-likeness (QED) is 0.490. The Hall–Kier alpha value is -2.46. The van der Waals surface area contributed by atoms with Crippen LogP contribution >= 0.6 is 0 Å². The van der Waals surface area contributed by atoms with Gasteiger partial charge in [0, 0.05) is 23.9 Å². The van der Waals surface area contributed by atoms with Gasteiger partial charge < -0.3 is 4.55 Å². The van der Waals surface area contributed by atoms with Gasteiger partial charge in [-0.2, -0.15) is 0 Å². The van der Waals surface area contributed by atoms with Gasteiger partial charge in [-0.05, 0) is 13.0 Å². The molecule has 0 saturated heterocycles. The summed E-state index contributed by atoms with van der Waals surface area (Å²) < 4.78 is 34.5. The number of aromatic nitrogens is 2. The molecule has 0 aliphatic rings. The number of nitrogens with zero attached hydrogens (tertiary/aromatic N) is 2. The van der Waals surface area contributed by atoms with E-state index in [0.29, 0.717) is 11.8 Å². The maximum Gasteiger partial charge on any atom is 0.271 e. The Kier molecular flexibility index (Phi) is 3.19. The molecule has 1 aromatic carbocycles. The van der Waals surface area contributed by atoms with Gasteiger partial charge in [0.2, 0.25) is 0 Å². The first kappa shape index (κ1) is 14.0. The number of nitrogens with one attached hydrogen (secondary N) is 1. The topological polar surface area (TPSA) is 138 Å². The number of hydrogen-bond acceptors (Lipinski definition) is 6. The minimum atomic E-state index is -4.98. The van der Waals surface area contributed by atoms with Crippen LogP contribution in [0.25, 0.3) is 5.69 Å². The van der Waals surface area contributed by atoms with Crippen LogP contribution in [0.2, 0.25) is 0 Å². The summed E-state index contributed by atoms with van der Waals surface area (Å²) in [6, 6.07) is 3.86. The molecule has 0 saturated carbocycles. The molecule has 2 aromatic rings. The van der Waals surface area contributed by atoms with Crippen LogP contribution in [0.3, 0.4) is 0 Å². The number of benzene rings is 1. The molecule has 0 atom stereocenters. The number of nitro groups is 1. The van der Waals surface area contributed by atoms with Crippen molar-refractivity contribution in [1.82, 2.24) is 9.78 Å². The fourth-order valence-electron chi connectivity index (χ4n) is 1.69. The zero-order valence-electron chi connectivity index (χ0n) is 10.1. The van der Waals surface area contributed by atoms with E-state index in [0.717, 1.165) is 16.8 Å². The summed E-state index contributed by atoms with van der Waals surface area (Å²) in [7, 11) is -4.98. The Balaban J connectivity index is 2.80. The maximum absolute atomic E-state index is 11.6. The lowest BCUT2D eigenvalue weighted by Gasteiger charge is -2.12. The zero-order valence-corrected chi connectivity index (χ0v) is 10.9. The number of aromatic amines is 1. The molecule has 10 heteroatoms. The number of nitro benzene ring substituents is 1. The normalized spacial score (nSPS) is 11.5. The standard InChI is InChI=1S/C10H9N3O6S/c1-6-4-10(14)12(11-6)8-3-2-7(13(15)16)5-9(8)20(17,18)19/h2-5,11H,1H3,(H,17,18,19)/p-1. The average molecular weight is 298 g/mol. The highest BCUT2D eigenvalue weighted by atomic mass is 32.2. The molecule has 0 fully saturated rings. The van der Waals surface area contributed by atoms with Gasteiger partial charge in [-0.25, -0.2) is 13.1 Å². The molecule has 1 heterocycles. The van der Waals surface area contributed by atoms with Gasteiger partial charge in [0.05, 0.1) is 15.5 Å². The summed E-state index contributed by atoms with van der Waals surface area (Å²) >= 11 is 0. The molecule has 0 bridgehead atoms. The lowest BCUT2D eigenvalue weighted by molar-refractivity contribution is -0.385. The largest absolute Gasteiger partial charge is 0.744 e. The zero-order chi connectivity index (χ0) is 15.1. The minimum Gasteiger partial charge on any atom is -0.744 e. The van der Waals surface area contributed by atoms with E-state index in [1.54, 1.807) is 6.92 Å². The molecule has 2 rings (SSSR count). The van der Waals surface area contributed by atoms with E-state index in [4.69, 9.17) is 0 Å². The first-order chi connectivity index (χ1) is 9.20. The van der Waals surface area contributed by atoms with Crippen molar-refractivity contribution in [2.45, 2.75) is 11.8 Å². The molecular weight excluding hydrogens is 290 g/mol. The summed E-state index contributed by atoms with van der Waals surface area (Å²) in [5.74, 6) is 0. The van der Waals surface area contributed by atoms with E-state index in [9.17, 15) is 27.9 Å². The minimum absolute atomic E-state index is 0.260. The van der Waals surface area contributed by atoms with Gasteiger partial charge in [0.15, 0.2) is 0 Å². The fourth-order valence-corrected chi connectivity index (χ4v) is 2.37. The summed E-state index contributed by atoms with van der Waals surface area (Å²) in [5, 5.41) is 13.2. The van der Waals surface area contributed by atoms with Crippen LogP contribution < -0.4 is 5.56 Å².